The van der Waals surface area contributed by atoms with Crippen molar-refractivity contribution in [3.8, 4) is 0 Å². The fraction of sp³-hybridized carbons (Fsp3) is 0.400. The molecule has 1 fully saturated rings. The van der Waals surface area contributed by atoms with E-state index in [4.69, 9.17) is 0 Å². The first-order valence-electron chi connectivity index (χ1n) is 7.02. The molecule has 0 N–H and O–H groups in total. The molecule has 5 heteroatoms. The van der Waals surface area contributed by atoms with Gasteiger partial charge in [0.2, 0.25) is 5.91 Å². The Morgan fingerprint density at radius 3 is 2.70 bits per heavy atom. The third-order valence-corrected chi connectivity index (χ3v) is 3.79. The van der Waals surface area contributed by atoms with E-state index >= 15 is 0 Å². The van der Waals surface area contributed by atoms with Crippen molar-refractivity contribution >= 4 is 22.5 Å². The Morgan fingerprint density at radius 1 is 1.20 bits per heavy atom. The molecule has 20 heavy (non-hydrogen) atoms. The van der Waals surface area contributed by atoms with Crippen LogP contribution in [-0.4, -0.2) is 47.2 Å². The first-order valence-corrected chi connectivity index (χ1v) is 7.02. The number of anilines is 1. The summed E-state index contributed by atoms with van der Waals surface area (Å²) in [4.78, 5) is 15.8. The maximum Gasteiger partial charge on any atom is 0.222 e. The molecule has 0 unspecified atom stereocenters. The molecular weight excluding hydrogens is 252 g/mol. The van der Waals surface area contributed by atoms with Crippen LogP contribution in [0.5, 0.6) is 0 Å². The van der Waals surface area contributed by atoms with Crippen LogP contribution in [-0.2, 0) is 4.79 Å². The van der Waals surface area contributed by atoms with Crippen LogP contribution in [0.2, 0.25) is 0 Å². The fourth-order valence-electron chi connectivity index (χ4n) is 2.64. The lowest BCUT2D eigenvalue weighted by Crippen LogP contribution is -2.49. The van der Waals surface area contributed by atoms with Gasteiger partial charge in [-0.3, -0.25) is 4.79 Å². The van der Waals surface area contributed by atoms with Crippen LogP contribution in [0.3, 0.4) is 0 Å². The molecule has 0 saturated carbocycles. The molecule has 0 atom stereocenters. The monoisotopic (exact) mass is 270 g/mol. The maximum atomic E-state index is 11.7. The van der Waals surface area contributed by atoms with Gasteiger partial charge in [0.1, 0.15) is 0 Å². The number of amides is 1. The van der Waals surface area contributed by atoms with E-state index in [9.17, 15) is 4.79 Å². The van der Waals surface area contributed by atoms with Gasteiger partial charge in [-0.05, 0) is 0 Å². The van der Waals surface area contributed by atoms with Gasteiger partial charge in [-0.25, -0.2) is 0 Å². The van der Waals surface area contributed by atoms with Crippen molar-refractivity contribution < 1.29 is 4.79 Å². The molecule has 1 amide bonds. The summed E-state index contributed by atoms with van der Waals surface area (Å²) in [5.74, 6) is 1.15. The number of carbonyl (C=O) groups excluding carboxylic acids is 1. The zero-order chi connectivity index (χ0) is 13.9. The number of hydrogen-bond donors (Lipinski definition) is 0. The fourth-order valence-corrected chi connectivity index (χ4v) is 2.64. The van der Waals surface area contributed by atoms with Gasteiger partial charge in [0.25, 0.3) is 0 Å². The molecule has 1 aromatic carbocycles. The minimum absolute atomic E-state index is 0.230. The number of hydrogen-bond acceptors (Lipinski definition) is 4. The van der Waals surface area contributed by atoms with E-state index in [1.165, 1.54) is 0 Å². The maximum absolute atomic E-state index is 11.7. The van der Waals surface area contributed by atoms with E-state index in [-0.39, 0.29) is 5.91 Å². The topological polar surface area (TPSA) is 49.3 Å². The van der Waals surface area contributed by atoms with E-state index in [1.54, 1.807) is 6.20 Å². The third-order valence-electron chi connectivity index (χ3n) is 3.79. The van der Waals surface area contributed by atoms with E-state index in [1.807, 2.05) is 30.0 Å². The van der Waals surface area contributed by atoms with E-state index in [0.717, 1.165) is 42.8 Å². The molecule has 5 nitrogen and oxygen atoms in total. The van der Waals surface area contributed by atoms with E-state index in [0.29, 0.717) is 6.42 Å². The first kappa shape index (κ1) is 12.8. The number of nitrogens with zero attached hydrogens (tertiary/aromatic N) is 4. The van der Waals surface area contributed by atoms with Crippen LogP contribution in [0, 0.1) is 0 Å². The number of carbonyl (C=O) groups is 1. The van der Waals surface area contributed by atoms with Gasteiger partial charge in [-0.1, -0.05) is 31.2 Å². The molecule has 104 valence electrons. The molecule has 1 aliphatic rings. The van der Waals surface area contributed by atoms with Crippen molar-refractivity contribution in [2.45, 2.75) is 13.3 Å². The van der Waals surface area contributed by atoms with Crippen LogP contribution in [0.1, 0.15) is 13.3 Å². The van der Waals surface area contributed by atoms with Crippen molar-refractivity contribution in [3.63, 3.8) is 0 Å². The highest BCUT2D eigenvalue weighted by Crippen LogP contribution is 2.24. The summed E-state index contributed by atoms with van der Waals surface area (Å²) >= 11 is 0. The lowest BCUT2D eigenvalue weighted by Gasteiger charge is -2.35. The van der Waals surface area contributed by atoms with Gasteiger partial charge in [0, 0.05) is 43.4 Å². The SMILES string of the molecule is CCC(=O)N1CCN(c2nncc3ccccc23)CC1. The van der Waals surface area contributed by atoms with Gasteiger partial charge in [0.05, 0.1) is 6.20 Å². The second-order valence-electron chi connectivity index (χ2n) is 4.98. The Balaban J connectivity index is 1.82. The van der Waals surface area contributed by atoms with Crippen molar-refractivity contribution in [3.05, 3.63) is 30.5 Å². The number of rotatable bonds is 2. The van der Waals surface area contributed by atoms with Gasteiger partial charge in [0.15, 0.2) is 5.82 Å². The van der Waals surface area contributed by atoms with Gasteiger partial charge >= 0.3 is 0 Å². The summed E-state index contributed by atoms with van der Waals surface area (Å²) in [7, 11) is 0. The molecule has 2 aromatic rings. The Hall–Kier alpha value is -2.17. The second kappa shape index (κ2) is 5.45. The van der Waals surface area contributed by atoms with Crippen LogP contribution < -0.4 is 4.90 Å². The van der Waals surface area contributed by atoms with Gasteiger partial charge in [-0.15, -0.1) is 5.10 Å². The quantitative estimate of drug-likeness (QED) is 0.833. The average molecular weight is 270 g/mol. The van der Waals surface area contributed by atoms with E-state index < -0.39 is 0 Å². The van der Waals surface area contributed by atoms with Crippen molar-refractivity contribution in [2.24, 2.45) is 0 Å². The van der Waals surface area contributed by atoms with Crippen molar-refractivity contribution in [1.29, 1.82) is 0 Å². The summed E-state index contributed by atoms with van der Waals surface area (Å²) in [5.41, 5.74) is 0. The molecule has 1 saturated heterocycles. The Bertz CT molecular complexity index is 615. The predicted molar refractivity (Wildman–Crippen MR) is 78.6 cm³/mol. The Labute approximate surface area is 118 Å². The second-order valence-corrected chi connectivity index (χ2v) is 4.98. The molecule has 1 aliphatic heterocycles. The number of fused-ring (bicyclic) bond motifs is 1. The minimum atomic E-state index is 0.230. The third kappa shape index (κ3) is 2.31. The zero-order valence-corrected chi connectivity index (χ0v) is 11.6. The first-order chi connectivity index (χ1) is 9.79. The minimum Gasteiger partial charge on any atom is -0.351 e. The van der Waals surface area contributed by atoms with Crippen molar-refractivity contribution in [1.82, 2.24) is 15.1 Å². The number of piperazine rings is 1. The molecule has 0 aliphatic carbocycles. The normalized spacial score (nSPS) is 15.7. The number of benzene rings is 1. The number of aromatic nitrogens is 2. The summed E-state index contributed by atoms with van der Waals surface area (Å²) in [6, 6.07) is 8.14. The summed E-state index contributed by atoms with van der Waals surface area (Å²) in [5, 5.41) is 10.6. The molecule has 0 radical (unpaired) electrons. The molecular formula is C15H18N4O. The van der Waals surface area contributed by atoms with Gasteiger partial charge in [-0.2, -0.15) is 5.10 Å². The largest absolute Gasteiger partial charge is 0.351 e. The highest BCUT2D eigenvalue weighted by atomic mass is 16.2. The van der Waals surface area contributed by atoms with Crippen LogP contribution in [0.15, 0.2) is 30.5 Å². The lowest BCUT2D eigenvalue weighted by molar-refractivity contribution is -0.131. The van der Waals surface area contributed by atoms with Crippen LogP contribution in [0.25, 0.3) is 10.8 Å². The summed E-state index contributed by atoms with van der Waals surface area (Å²) in [6.07, 6.45) is 2.36. The highest BCUT2D eigenvalue weighted by molar-refractivity contribution is 5.91. The Kier molecular flexibility index (Phi) is 3.50. The van der Waals surface area contributed by atoms with Gasteiger partial charge < -0.3 is 9.80 Å². The standard InChI is InChI=1S/C15H18N4O/c1-2-14(20)18-7-9-19(10-8-18)15-13-6-4-3-5-12(13)11-16-17-15/h3-6,11H,2,7-10H2,1H3. The summed E-state index contributed by atoms with van der Waals surface area (Å²) < 4.78 is 0. The molecule has 0 spiro atoms. The Morgan fingerprint density at radius 2 is 1.95 bits per heavy atom. The predicted octanol–water partition coefficient (Wildman–Crippen LogP) is 1.69. The molecule has 2 heterocycles. The smallest absolute Gasteiger partial charge is 0.222 e. The zero-order valence-electron chi connectivity index (χ0n) is 11.6. The molecule has 0 bridgehead atoms. The van der Waals surface area contributed by atoms with Crippen LogP contribution in [0.4, 0.5) is 5.82 Å². The van der Waals surface area contributed by atoms with Crippen LogP contribution >= 0.6 is 0 Å². The highest BCUT2D eigenvalue weighted by Gasteiger charge is 2.22. The van der Waals surface area contributed by atoms with Crippen molar-refractivity contribution in [2.75, 3.05) is 31.1 Å². The molecule has 3 rings (SSSR count). The summed E-state index contributed by atoms with van der Waals surface area (Å²) in [6.45, 7) is 5.06. The average Bonchev–Trinajstić information content (AvgIpc) is 2.54. The molecule has 1 aromatic heterocycles. The lowest BCUT2D eigenvalue weighted by atomic mass is 10.1. The van der Waals surface area contributed by atoms with E-state index in [2.05, 4.69) is 21.2 Å².